The minimum absolute atomic E-state index is 0.0203. The van der Waals surface area contributed by atoms with Gasteiger partial charge in [0.1, 0.15) is 0 Å². The van der Waals surface area contributed by atoms with Crippen LogP contribution in [0, 0.1) is 17.8 Å². The summed E-state index contributed by atoms with van der Waals surface area (Å²) in [5, 5.41) is 12.4. The maximum Gasteiger partial charge on any atom is 0.216 e. The van der Waals surface area contributed by atoms with E-state index in [1.54, 1.807) is 6.08 Å². The second-order valence-corrected chi connectivity index (χ2v) is 7.38. The van der Waals surface area contributed by atoms with Crippen molar-refractivity contribution in [2.45, 2.75) is 53.6 Å². The van der Waals surface area contributed by atoms with Crippen LogP contribution in [0.15, 0.2) is 12.2 Å². The molecule has 1 amide bonds. The first-order chi connectivity index (χ1) is 11.2. The lowest BCUT2D eigenvalue weighted by atomic mass is 9.93. The van der Waals surface area contributed by atoms with Gasteiger partial charge in [0.25, 0.3) is 0 Å². The molecule has 0 aliphatic rings. The molecule has 6 heteroatoms. The molecule has 0 bridgehead atoms. The van der Waals surface area contributed by atoms with Crippen molar-refractivity contribution in [3.63, 3.8) is 0 Å². The van der Waals surface area contributed by atoms with Crippen molar-refractivity contribution in [2.75, 3.05) is 12.3 Å². The monoisotopic (exact) mass is 357 g/mol. The smallest absolute Gasteiger partial charge is 0.216 e. The summed E-state index contributed by atoms with van der Waals surface area (Å²) in [6, 6.07) is 0. The summed E-state index contributed by atoms with van der Waals surface area (Å²) < 4.78 is 0. The second-order valence-electron chi connectivity index (χ2n) is 6.28. The maximum absolute atomic E-state index is 12.1. The van der Waals surface area contributed by atoms with Gasteiger partial charge in [-0.1, -0.05) is 45.5 Å². The molecule has 2 N–H and O–H groups in total. The molecule has 0 spiro atoms. The molecule has 24 heavy (non-hydrogen) atoms. The zero-order chi connectivity index (χ0) is 18.7. The first-order valence-electron chi connectivity index (χ1n) is 8.50. The van der Waals surface area contributed by atoms with E-state index in [-0.39, 0.29) is 34.6 Å². The van der Waals surface area contributed by atoms with E-state index in [1.165, 1.54) is 24.8 Å². The van der Waals surface area contributed by atoms with Crippen LogP contribution in [0.5, 0.6) is 0 Å². The Morgan fingerprint density at radius 3 is 2.33 bits per heavy atom. The summed E-state index contributed by atoms with van der Waals surface area (Å²) in [6.45, 7) is 9.32. The predicted molar refractivity (Wildman–Crippen MR) is 98.7 cm³/mol. The van der Waals surface area contributed by atoms with Crippen molar-refractivity contribution < 1.29 is 19.5 Å². The third kappa shape index (κ3) is 9.88. The SMILES string of the molecule is CC[C@@H](O)[C@H](C)/C=C/C(=O)[C@H](C)C[C@H](C)C(=O)SCCNC(C)=O. The Hall–Kier alpha value is -1.14. The lowest BCUT2D eigenvalue weighted by Gasteiger charge is -2.15. The van der Waals surface area contributed by atoms with Crippen LogP contribution in [0.3, 0.4) is 0 Å². The van der Waals surface area contributed by atoms with Crippen LogP contribution < -0.4 is 5.32 Å². The van der Waals surface area contributed by atoms with Gasteiger partial charge in [-0.25, -0.2) is 0 Å². The second kappa shape index (κ2) is 12.3. The Bertz CT molecular complexity index is 450. The van der Waals surface area contributed by atoms with Crippen LogP contribution in [0.2, 0.25) is 0 Å². The number of aliphatic hydroxyl groups excluding tert-OH is 1. The Morgan fingerprint density at radius 2 is 1.79 bits per heavy atom. The Balaban J connectivity index is 4.25. The molecule has 4 atom stereocenters. The summed E-state index contributed by atoms with van der Waals surface area (Å²) in [5.74, 6) is -0.0928. The van der Waals surface area contributed by atoms with Gasteiger partial charge in [-0.05, 0) is 18.9 Å². The molecular formula is C18H31NO4S. The summed E-state index contributed by atoms with van der Waals surface area (Å²) in [7, 11) is 0. The van der Waals surface area contributed by atoms with Gasteiger partial charge >= 0.3 is 0 Å². The lowest BCUT2D eigenvalue weighted by molar-refractivity contribution is -0.120. The van der Waals surface area contributed by atoms with Crippen molar-refractivity contribution >= 4 is 28.6 Å². The molecule has 0 heterocycles. The van der Waals surface area contributed by atoms with Crippen LogP contribution in [0.4, 0.5) is 0 Å². The fraction of sp³-hybridized carbons (Fsp3) is 0.722. The predicted octanol–water partition coefficient (Wildman–Crippen LogP) is 2.58. The fourth-order valence-corrected chi connectivity index (χ4v) is 2.96. The highest BCUT2D eigenvalue weighted by Crippen LogP contribution is 2.20. The summed E-state index contributed by atoms with van der Waals surface area (Å²) in [6.07, 6.45) is 3.97. The molecule has 0 aliphatic heterocycles. The Morgan fingerprint density at radius 1 is 1.17 bits per heavy atom. The van der Waals surface area contributed by atoms with Gasteiger partial charge in [-0.15, -0.1) is 0 Å². The number of carbonyl (C=O) groups is 3. The molecular weight excluding hydrogens is 326 g/mol. The number of hydrogen-bond donors (Lipinski definition) is 2. The average molecular weight is 358 g/mol. The van der Waals surface area contributed by atoms with Crippen molar-refractivity contribution in [1.29, 1.82) is 0 Å². The van der Waals surface area contributed by atoms with Crippen molar-refractivity contribution in [2.24, 2.45) is 17.8 Å². The van der Waals surface area contributed by atoms with E-state index in [2.05, 4.69) is 5.32 Å². The van der Waals surface area contributed by atoms with Crippen LogP contribution in [0.25, 0.3) is 0 Å². The molecule has 0 aromatic rings. The quantitative estimate of drug-likeness (QED) is 0.439. The molecule has 0 saturated heterocycles. The molecule has 0 fully saturated rings. The average Bonchev–Trinajstić information content (AvgIpc) is 2.54. The van der Waals surface area contributed by atoms with Gasteiger partial charge in [-0.2, -0.15) is 0 Å². The van der Waals surface area contributed by atoms with E-state index in [9.17, 15) is 19.5 Å². The van der Waals surface area contributed by atoms with E-state index in [0.717, 1.165) is 0 Å². The standard InChI is InChI=1S/C18H31NO4S/c1-6-16(21)12(2)7-8-17(22)13(3)11-14(4)18(23)24-10-9-19-15(5)20/h7-8,12-14,16,21H,6,9-11H2,1-5H3,(H,19,20)/b8-7+/t12-,13-,14+,16-/m1/s1. The minimum atomic E-state index is -0.440. The number of carbonyl (C=O) groups excluding carboxylic acids is 3. The van der Waals surface area contributed by atoms with Gasteiger partial charge in [0.15, 0.2) is 10.9 Å². The number of aliphatic hydroxyl groups is 1. The van der Waals surface area contributed by atoms with Crippen molar-refractivity contribution in [1.82, 2.24) is 5.32 Å². The number of nitrogens with one attached hydrogen (secondary N) is 1. The molecule has 0 aromatic carbocycles. The molecule has 138 valence electrons. The highest BCUT2D eigenvalue weighted by atomic mass is 32.2. The molecule has 0 radical (unpaired) electrons. The van der Waals surface area contributed by atoms with Gasteiger partial charge in [0, 0.05) is 37.0 Å². The summed E-state index contributed by atoms with van der Waals surface area (Å²) in [4.78, 5) is 34.9. The van der Waals surface area contributed by atoms with E-state index in [0.29, 0.717) is 25.1 Å². The lowest BCUT2D eigenvalue weighted by Crippen LogP contribution is -2.23. The zero-order valence-electron chi connectivity index (χ0n) is 15.4. The number of rotatable bonds is 11. The maximum atomic E-state index is 12.1. The van der Waals surface area contributed by atoms with Crippen LogP contribution in [-0.2, 0) is 14.4 Å². The number of ketones is 1. The van der Waals surface area contributed by atoms with Gasteiger partial charge in [-0.3, -0.25) is 14.4 Å². The zero-order valence-corrected chi connectivity index (χ0v) is 16.2. The van der Waals surface area contributed by atoms with E-state index in [1.807, 2.05) is 27.7 Å². The molecule has 0 rings (SSSR count). The minimum Gasteiger partial charge on any atom is -0.393 e. The van der Waals surface area contributed by atoms with Crippen LogP contribution in [0.1, 0.15) is 47.5 Å². The number of thioether (sulfide) groups is 1. The first-order valence-corrected chi connectivity index (χ1v) is 9.48. The van der Waals surface area contributed by atoms with E-state index >= 15 is 0 Å². The molecule has 0 aromatic heterocycles. The molecule has 0 unspecified atom stereocenters. The van der Waals surface area contributed by atoms with E-state index < -0.39 is 6.10 Å². The first kappa shape index (κ1) is 22.9. The van der Waals surface area contributed by atoms with Gasteiger partial charge in [0.05, 0.1) is 6.10 Å². The third-order valence-corrected chi connectivity index (χ3v) is 5.00. The highest BCUT2D eigenvalue weighted by Gasteiger charge is 2.20. The largest absolute Gasteiger partial charge is 0.393 e. The number of hydrogen-bond acceptors (Lipinski definition) is 5. The van der Waals surface area contributed by atoms with Gasteiger partial charge < -0.3 is 10.4 Å². The van der Waals surface area contributed by atoms with Crippen molar-refractivity contribution in [3.8, 4) is 0 Å². The number of amides is 1. The molecule has 0 saturated carbocycles. The van der Waals surface area contributed by atoms with Crippen LogP contribution in [-0.4, -0.2) is 40.3 Å². The molecule has 5 nitrogen and oxygen atoms in total. The fourth-order valence-electron chi connectivity index (χ4n) is 2.17. The number of allylic oxidation sites excluding steroid dienone is 1. The Kier molecular flexibility index (Phi) is 11.7. The normalized spacial score (nSPS) is 16.4. The van der Waals surface area contributed by atoms with Gasteiger partial charge in [0.2, 0.25) is 5.91 Å². The third-order valence-electron chi connectivity index (χ3n) is 3.90. The summed E-state index contributed by atoms with van der Waals surface area (Å²) in [5.41, 5.74) is 0. The molecule has 0 aliphatic carbocycles. The summed E-state index contributed by atoms with van der Waals surface area (Å²) >= 11 is 1.19. The Labute approximate surface area is 149 Å². The van der Waals surface area contributed by atoms with Crippen molar-refractivity contribution in [3.05, 3.63) is 12.2 Å². The highest BCUT2D eigenvalue weighted by molar-refractivity contribution is 8.13. The van der Waals surface area contributed by atoms with E-state index in [4.69, 9.17) is 0 Å². The van der Waals surface area contributed by atoms with Crippen LogP contribution >= 0.6 is 11.8 Å². The topological polar surface area (TPSA) is 83.5 Å².